The SMILES string of the molecule is CCCN(CCC)C(=O)[C@@H](O)[C@@H]1C(=O)N2[C@@H]1SC(C)(C)[C@@H]2C(=O)O. The number of carbonyl (C=O) groups is 3. The minimum absolute atomic E-state index is 0.436. The number of aliphatic carboxylic acids is 1. The molecule has 0 aromatic heterocycles. The smallest absolute Gasteiger partial charge is 0.327 e. The molecular formula is C16H26N2O5S. The number of hydrogen-bond acceptors (Lipinski definition) is 5. The first kappa shape index (κ1) is 19.1. The molecule has 2 rings (SSSR count). The van der Waals surface area contributed by atoms with E-state index in [0.29, 0.717) is 13.1 Å². The molecule has 0 saturated carbocycles. The zero-order valence-electron chi connectivity index (χ0n) is 14.6. The van der Waals surface area contributed by atoms with Gasteiger partial charge in [0, 0.05) is 17.8 Å². The Balaban J connectivity index is 2.15. The molecule has 0 unspecified atom stereocenters. The van der Waals surface area contributed by atoms with Gasteiger partial charge in [0.2, 0.25) is 5.91 Å². The molecule has 0 aromatic rings. The van der Waals surface area contributed by atoms with E-state index in [2.05, 4.69) is 0 Å². The molecule has 2 fully saturated rings. The van der Waals surface area contributed by atoms with Crippen LogP contribution in [0, 0.1) is 5.92 Å². The molecule has 0 spiro atoms. The van der Waals surface area contributed by atoms with Gasteiger partial charge in [-0.2, -0.15) is 0 Å². The lowest BCUT2D eigenvalue weighted by Gasteiger charge is -2.45. The van der Waals surface area contributed by atoms with E-state index in [0.717, 1.165) is 12.8 Å². The first-order valence-electron chi connectivity index (χ1n) is 8.37. The Kier molecular flexibility index (Phi) is 5.49. The third-order valence-electron chi connectivity index (χ3n) is 4.61. The molecule has 7 nitrogen and oxygen atoms in total. The number of nitrogens with zero attached hydrogens (tertiary/aromatic N) is 2. The highest BCUT2D eigenvalue weighted by molar-refractivity contribution is 8.01. The Morgan fingerprint density at radius 3 is 2.29 bits per heavy atom. The van der Waals surface area contributed by atoms with Crippen LogP contribution in [-0.2, 0) is 14.4 Å². The van der Waals surface area contributed by atoms with Crippen LogP contribution in [0.3, 0.4) is 0 Å². The maximum absolute atomic E-state index is 12.5. The summed E-state index contributed by atoms with van der Waals surface area (Å²) in [6, 6.07) is -0.930. The van der Waals surface area contributed by atoms with Crippen molar-refractivity contribution in [1.29, 1.82) is 0 Å². The summed E-state index contributed by atoms with van der Waals surface area (Å²) in [7, 11) is 0. The second-order valence-corrected chi connectivity index (χ2v) is 8.66. The Hall–Kier alpha value is -1.28. The van der Waals surface area contributed by atoms with Crippen molar-refractivity contribution >= 4 is 29.5 Å². The van der Waals surface area contributed by atoms with Crippen LogP contribution in [0.1, 0.15) is 40.5 Å². The Labute approximate surface area is 146 Å². The summed E-state index contributed by atoms with van der Waals surface area (Å²) in [5, 5.41) is 19.4. The van der Waals surface area contributed by atoms with E-state index in [-0.39, 0.29) is 0 Å². The lowest BCUT2D eigenvalue weighted by atomic mass is 9.87. The third-order valence-corrected chi connectivity index (χ3v) is 6.20. The van der Waals surface area contributed by atoms with Crippen LogP contribution in [0.15, 0.2) is 0 Å². The van der Waals surface area contributed by atoms with E-state index < -0.39 is 46.0 Å². The van der Waals surface area contributed by atoms with E-state index >= 15 is 0 Å². The number of fused-ring (bicyclic) bond motifs is 1. The summed E-state index contributed by atoms with van der Waals surface area (Å²) in [5.74, 6) is -2.79. The average Bonchev–Trinajstić information content (AvgIpc) is 2.74. The monoisotopic (exact) mass is 358 g/mol. The highest BCUT2D eigenvalue weighted by Crippen LogP contribution is 2.54. The van der Waals surface area contributed by atoms with Crippen LogP contribution in [0.5, 0.6) is 0 Å². The maximum Gasteiger partial charge on any atom is 0.327 e. The molecule has 24 heavy (non-hydrogen) atoms. The zero-order valence-corrected chi connectivity index (χ0v) is 15.4. The Bertz CT molecular complexity index is 533. The summed E-state index contributed by atoms with van der Waals surface area (Å²) in [4.78, 5) is 39.4. The fourth-order valence-electron chi connectivity index (χ4n) is 3.55. The standard InChI is InChI=1S/C16H26N2O5S/c1-5-7-17(8-6-2)13(21)10(19)9-12(20)18-11(15(22)23)16(3,4)24-14(9)18/h9-11,14,19H,5-8H2,1-4H3,(H,22,23)/t9-,10+,11+,14-/m1/s1. The van der Waals surface area contributed by atoms with Crippen molar-refractivity contribution in [3.8, 4) is 0 Å². The molecule has 136 valence electrons. The molecule has 2 amide bonds. The maximum atomic E-state index is 12.5. The lowest BCUT2D eigenvalue weighted by molar-refractivity contribution is -0.173. The number of hydrogen-bond donors (Lipinski definition) is 2. The number of thioether (sulfide) groups is 1. The van der Waals surface area contributed by atoms with Crippen molar-refractivity contribution in [2.45, 2.75) is 62.8 Å². The summed E-state index contributed by atoms with van der Waals surface area (Å²) in [6.45, 7) is 8.52. The van der Waals surface area contributed by atoms with E-state index in [1.807, 2.05) is 13.8 Å². The normalized spacial score (nSPS) is 29.0. The van der Waals surface area contributed by atoms with Crippen molar-refractivity contribution in [2.75, 3.05) is 13.1 Å². The van der Waals surface area contributed by atoms with Gasteiger partial charge in [-0.05, 0) is 26.7 Å². The van der Waals surface area contributed by atoms with Crippen LogP contribution in [-0.4, -0.2) is 73.2 Å². The molecule has 4 atom stereocenters. The number of aliphatic hydroxyl groups excluding tert-OH is 1. The number of carbonyl (C=O) groups excluding carboxylic acids is 2. The van der Waals surface area contributed by atoms with Crippen molar-refractivity contribution in [2.24, 2.45) is 5.92 Å². The van der Waals surface area contributed by atoms with E-state index in [4.69, 9.17) is 0 Å². The van der Waals surface area contributed by atoms with Gasteiger partial charge in [0.25, 0.3) is 5.91 Å². The molecule has 2 aliphatic rings. The van der Waals surface area contributed by atoms with Crippen molar-refractivity contribution in [1.82, 2.24) is 9.80 Å². The van der Waals surface area contributed by atoms with Crippen molar-refractivity contribution < 1.29 is 24.6 Å². The first-order chi connectivity index (χ1) is 11.2. The van der Waals surface area contributed by atoms with Gasteiger partial charge in [-0.3, -0.25) is 9.59 Å². The van der Waals surface area contributed by atoms with Gasteiger partial charge < -0.3 is 20.0 Å². The minimum atomic E-state index is -1.41. The summed E-state index contributed by atoms with van der Waals surface area (Å²) < 4.78 is -0.657. The molecule has 0 aliphatic carbocycles. The number of carboxylic acid groups (broad SMARTS) is 1. The Morgan fingerprint density at radius 2 is 1.83 bits per heavy atom. The zero-order chi connectivity index (χ0) is 18.2. The van der Waals surface area contributed by atoms with Crippen LogP contribution in [0.25, 0.3) is 0 Å². The summed E-state index contributed by atoms with van der Waals surface area (Å²) in [5.41, 5.74) is 0. The van der Waals surface area contributed by atoms with Crippen LogP contribution in [0.2, 0.25) is 0 Å². The molecule has 2 N–H and O–H groups in total. The van der Waals surface area contributed by atoms with Gasteiger partial charge in [0.05, 0.1) is 5.37 Å². The Morgan fingerprint density at radius 1 is 1.29 bits per heavy atom. The fraction of sp³-hybridized carbons (Fsp3) is 0.812. The molecule has 2 saturated heterocycles. The van der Waals surface area contributed by atoms with Gasteiger partial charge >= 0.3 is 5.97 Å². The summed E-state index contributed by atoms with van der Waals surface area (Å²) >= 11 is 1.34. The number of β-lactam (4-membered cyclic amide) rings is 1. The molecule has 0 radical (unpaired) electrons. The highest BCUT2D eigenvalue weighted by atomic mass is 32.2. The molecule has 2 aliphatic heterocycles. The highest BCUT2D eigenvalue weighted by Gasteiger charge is 2.66. The largest absolute Gasteiger partial charge is 0.480 e. The molecule has 8 heteroatoms. The second kappa shape index (κ2) is 6.92. The average molecular weight is 358 g/mol. The van der Waals surface area contributed by atoms with Gasteiger partial charge in [-0.15, -0.1) is 11.8 Å². The predicted molar refractivity (Wildman–Crippen MR) is 90.4 cm³/mol. The topological polar surface area (TPSA) is 98.2 Å². The van der Waals surface area contributed by atoms with Crippen molar-refractivity contribution in [3.05, 3.63) is 0 Å². The molecular weight excluding hydrogens is 332 g/mol. The van der Waals surface area contributed by atoms with E-state index in [1.165, 1.54) is 16.7 Å². The van der Waals surface area contributed by atoms with Gasteiger partial charge in [-0.25, -0.2) is 4.79 Å². The molecule has 0 bridgehead atoms. The van der Waals surface area contributed by atoms with Crippen LogP contribution < -0.4 is 0 Å². The molecule has 2 heterocycles. The summed E-state index contributed by atoms with van der Waals surface area (Å²) in [6.07, 6.45) is 0.137. The van der Waals surface area contributed by atoms with Crippen LogP contribution in [0.4, 0.5) is 0 Å². The number of amides is 2. The first-order valence-corrected chi connectivity index (χ1v) is 9.25. The van der Waals surface area contributed by atoms with Crippen molar-refractivity contribution in [3.63, 3.8) is 0 Å². The van der Waals surface area contributed by atoms with Crippen LogP contribution >= 0.6 is 11.8 Å². The van der Waals surface area contributed by atoms with Gasteiger partial charge in [0.15, 0.2) is 0 Å². The van der Waals surface area contributed by atoms with Gasteiger partial charge in [-0.1, -0.05) is 13.8 Å². The lowest BCUT2D eigenvalue weighted by Crippen LogP contribution is -2.67. The third kappa shape index (κ3) is 3.01. The number of aliphatic hydroxyl groups is 1. The molecule has 0 aromatic carbocycles. The van der Waals surface area contributed by atoms with E-state index in [1.54, 1.807) is 18.7 Å². The minimum Gasteiger partial charge on any atom is -0.480 e. The second-order valence-electron chi connectivity index (χ2n) is 6.89. The number of carboxylic acids is 1. The quantitative estimate of drug-likeness (QED) is 0.652. The number of rotatable bonds is 7. The fourth-order valence-corrected chi connectivity index (χ4v) is 5.26. The van der Waals surface area contributed by atoms with E-state index in [9.17, 15) is 24.6 Å². The van der Waals surface area contributed by atoms with Gasteiger partial charge in [0.1, 0.15) is 18.1 Å². The predicted octanol–water partition coefficient (Wildman–Crippen LogP) is 0.759.